The van der Waals surface area contributed by atoms with Gasteiger partial charge in [-0.05, 0) is 54.6 Å². The summed E-state index contributed by atoms with van der Waals surface area (Å²) in [5.41, 5.74) is 2.84. The minimum atomic E-state index is -0.990. The van der Waals surface area contributed by atoms with Crippen LogP contribution in [0.4, 0.5) is 11.4 Å². The molecular weight excluding hydrogens is 485 g/mol. The van der Waals surface area contributed by atoms with Gasteiger partial charge >= 0.3 is 23.6 Å². The van der Waals surface area contributed by atoms with Crippen LogP contribution in [0.3, 0.4) is 0 Å². The van der Waals surface area contributed by atoms with Gasteiger partial charge in [0.15, 0.2) is 0 Å². The predicted molar refractivity (Wildman–Crippen MR) is 126 cm³/mol. The topological polar surface area (TPSA) is 142 Å². The number of hydrogen-bond donors (Lipinski definition) is 4. The van der Waals surface area contributed by atoms with Gasteiger partial charge in [0.2, 0.25) is 0 Å². The molecule has 1 aromatic heterocycles. The van der Waals surface area contributed by atoms with Crippen LogP contribution in [0.15, 0.2) is 70.2 Å². The van der Waals surface area contributed by atoms with Gasteiger partial charge in [0, 0.05) is 21.4 Å². The SMILES string of the molecule is O=C(NCc1ccc(/C=N/NC(=O)C(=O)Nc2ccc(Cl)cc2)o1)C(=O)Nc1cccc(Cl)c1. The van der Waals surface area contributed by atoms with Crippen molar-refractivity contribution in [3.05, 3.63) is 82.2 Å². The lowest BCUT2D eigenvalue weighted by Crippen LogP contribution is -2.34. The third-order valence-electron chi connectivity index (χ3n) is 4.06. The number of halogens is 2. The summed E-state index contributed by atoms with van der Waals surface area (Å²) in [4.78, 5) is 47.6. The Bertz CT molecular complexity index is 1240. The minimum absolute atomic E-state index is 0.0640. The highest BCUT2D eigenvalue weighted by molar-refractivity contribution is 6.40. The zero-order chi connectivity index (χ0) is 24.5. The van der Waals surface area contributed by atoms with Crippen LogP contribution in [0.5, 0.6) is 0 Å². The van der Waals surface area contributed by atoms with Gasteiger partial charge in [-0.2, -0.15) is 5.10 Å². The largest absolute Gasteiger partial charge is 0.458 e. The van der Waals surface area contributed by atoms with Crippen molar-refractivity contribution in [2.75, 3.05) is 10.6 Å². The molecule has 174 valence electrons. The molecule has 34 heavy (non-hydrogen) atoms. The summed E-state index contributed by atoms with van der Waals surface area (Å²) in [7, 11) is 0. The van der Waals surface area contributed by atoms with Crippen molar-refractivity contribution in [3.63, 3.8) is 0 Å². The second-order valence-electron chi connectivity index (χ2n) is 6.61. The van der Waals surface area contributed by atoms with Gasteiger partial charge in [-0.25, -0.2) is 5.43 Å². The molecule has 0 aliphatic rings. The van der Waals surface area contributed by atoms with E-state index in [2.05, 4.69) is 26.5 Å². The van der Waals surface area contributed by atoms with E-state index in [-0.39, 0.29) is 12.3 Å². The molecule has 0 aliphatic carbocycles. The molecule has 1 heterocycles. The van der Waals surface area contributed by atoms with Crippen molar-refractivity contribution in [2.24, 2.45) is 5.10 Å². The maximum Gasteiger partial charge on any atom is 0.329 e. The summed E-state index contributed by atoms with van der Waals surface area (Å²) in [5.74, 6) is -3.07. The number of carbonyl (C=O) groups excluding carboxylic acids is 4. The Labute approximate surface area is 203 Å². The third-order valence-corrected chi connectivity index (χ3v) is 4.55. The van der Waals surface area contributed by atoms with Crippen molar-refractivity contribution < 1.29 is 23.6 Å². The minimum Gasteiger partial charge on any atom is -0.458 e. The van der Waals surface area contributed by atoms with Gasteiger partial charge in [-0.3, -0.25) is 19.2 Å². The fourth-order valence-electron chi connectivity index (χ4n) is 2.49. The average molecular weight is 502 g/mol. The Morgan fingerprint density at radius 3 is 2.24 bits per heavy atom. The molecule has 0 unspecified atom stereocenters. The third kappa shape index (κ3) is 7.47. The molecule has 0 fully saturated rings. The maximum atomic E-state index is 12.0. The molecule has 0 atom stereocenters. The number of carbonyl (C=O) groups is 4. The number of anilines is 2. The molecule has 3 aromatic rings. The lowest BCUT2D eigenvalue weighted by atomic mass is 10.3. The van der Waals surface area contributed by atoms with Crippen molar-refractivity contribution in [1.82, 2.24) is 10.7 Å². The summed E-state index contributed by atoms with van der Waals surface area (Å²) in [6.07, 6.45) is 1.17. The molecule has 0 saturated carbocycles. The fourth-order valence-corrected chi connectivity index (χ4v) is 2.80. The Balaban J connectivity index is 1.43. The highest BCUT2D eigenvalue weighted by Crippen LogP contribution is 2.15. The summed E-state index contributed by atoms with van der Waals surface area (Å²) in [6.45, 7) is -0.0640. The van der Waals surface area contributed by atoms with Crippen LogP contribution in [0.2, 0.25) is 10.0 Å². The summed E-state index contributed by atoms with van der Waals surface area (Å²) >= 11 is 11.6. The van der Waals surface area contributed by atoms with Gasteiger partial charge in [-0.15, -0.1) is 0 Å². The van der Waals surface area contributed by atoms with E-state index >= 15 is 0 Å². The summed E-state index contributed by atoms with van der Waals surface area (Å²) in [6, 6.07) is 15.7. The predicted octanol–water partition coefficient (Wildman–Crippen LogP) is 2.93. The Morgan fingerprint density at radius 1 is 0.794 bits per heavy atom. The fraction of sp³-hybridized carbons (Fsp3) is 0.0455. The van der Waals surface area contributed by atoms with Crippen LogP contribution in [-0.4, -0.2) is 29.8 Å². The van der Waals surface area contributed by atoms with Gasteiger partial charge in [-0.1, -0.05) is 29.3 Å². The van der Waals surface area contributed by atoms with Crippen molar-refractivity contribution in [3.8, 4) is 0 Å². The van der Waals surface area contributed by atoms with Crippen molar-refractivity contribution in [2.45, 2.75) is 6.54 Å². The molecule has 4 N–H and O–H groups in total. The molecular formula is C22H17Cl2N5O5. The van der Waals surface area contributed by atoms with Crippen molar-refractivity contribution in [1.29, 1.82) is 0 Å². The van der Waals surface area contributed by atoms with E-state index in [0.717, 1.165) is 0 Å². The number of hydrazone groups is 1. The summed E-state index contributed by atoms with van der Waals surface area (Å²) < 4.78 is 5.42. The van der Waals surface area contributed by atoms with Gasteiger partial charge < -0.3 is 20.4 Å². The molecule has 10 nitrogen and oxygen atoms in total. The first-order valence-corrected chi connectivity index (χ1v) is 10.4. The van der Waals surface area contributed by atoms with Gasteiger partial charge in [0.25, 0.3) is 0 Å². The molecule has 0 saturated heterocycles. The molecule has 12 heteroatoms. The molecule has 0 radical (unpaired) electrons. The number of nitrogens with one attached hydrogen (secondary N) is 4. The molecule has 4 amide bonds. The van der Waals surface area contributed by atoms with Crippen LogP contribution in [0, 0.1) is 0 Å². The maximum absolute atomic E-state index is 12.0. The van der Waals surface area contributed by atoms with E-state index in [0.29, 0.717) is 27.2 Å². The van der Waals surface area contributed by atoms with E-state index in [1.807, 2.05) is 0 Å². The van der Waals surface area contributed by atoms with Crippen LogP contribution >= 0.6 is 23.2 Å². The number of nitrogens with zero attached hydrogens (tertiary/aromatic N) is 1. The quantitative estimate of drug-likeness (QED) is 0.233. The first-order chi connectivity index (χ1) is 16.3. The number of rotatable bonds is 6. The number of benzene rings is 2. The second-order valence-corrected chi connectivity index (χ2v) is 7.48. The Hall–Kier alpha value is -4.15. The molecule has 2 aromatic carbocycles. The monoisotopic (exact) mass is 501 g/mol. The van der Waals surface area contributed by atoms with Crippen LogP contribution in [-0.2, 0) is 25.7 Å². The molecule has 0 spiro atoms. The van der Waals surface area contributed by atoms with Gasteiger partial charge in [0.05, 0.1) is 12.8 Å². The van der Waals surface area contributed by atoms with Crippen LogP contribution in [0.1, 0.15) is 11.5 Å². The number of hydrogen-bond acceptors (Lipinski definition) is 6. The van der Waals surface area contributed by atoms with Gasteiger partial charge in [0.1, 0.15) is 11.5 Å². The lowest BCUT2D eigenvalue weighted by molar-refractivity contribution is -0.136. The van der Waals surface area contributed by atoms with Crippen LogP contribution < -0.4 is 21.4 Å². The standard InChI is InChI=1S/C22H17Cl2N5O5/c23-13-4-6-15(7-5-13)27-21(32)22(33)29-26-12-18-9-8-17(34-18)11-25-19(30)20(31)28-16-3-1-2-14(24)10-16/h1-10,12H,11H2,(H,25,30)(H,27,32)(H,28,31)(H,29,33)/b26-12+. The van der Waals surface area contributed by atoms with E-state index in [4.69, 9.17) is 27.6 Å². The van der Waals surface area contributed by atoms with E-state index in [1.165, 1.54) is 18.3 Å². The second kappa shape index (κ2) is 11.6. The van der Waals surface area contributed by atoms with E-state index < -0.39 is 23.6 Å². The Kier molecular flexibility index (Phi) is 8.38. The Morgan fingerprint density at radius 2 is 1.50 bits per heavy atom. The first-order valence-electron chi connectivity index (χ1n) is 9.63. The zero-order valence-electron chi connectivity index (χ0n) is 17.3. The summed E-state index contributed by atoms with van der Waals surface area (Å²) in [5, 5.41) is 11.8. The normalized spacial score (nSPS) is 10.5. The number of furan rings is 1. The zero-order valence-corrected chi connectivity index (χ0v) is 18.8. The van der Waals surface area contributed by atoms with E-state index in [1.54, 1.807) is 48.5 Å². The highest BCUT2D eigenvalue weighted by atomic mass is 35.5. The van der Waals surface area contributed by atoms with Crippen LogP contribution in [0.25, 0.3) is 0 Å². The molecule has 0 bridgehead atoms. The highest BCUT2D eigenvalue weighted by Gasteiger charge is 2.15. The average Bonchev–Trinajstić information content (AvgIpc) is 3.26. The smallest absolute Gasteiger partial charge is 0.329 e. The lowest BCUT2D eigenvalue weighted by Gasteiger charge is -2.05. The first kappa shape index (κ1) is 24.5. The molecule has 0 aliphatic heterocycles. The van der Waals surface area contributed by atoms with E-state index in [9.17, 15) is 19.2 Å². The van der Waals surface area contributed by atoms with Crippen molar-refractivity contribution >= 4 is 64.4 Å². The molecule has 3 rings (SSSR count). The number of amides is 4.